The van der Waals surface area contributed by atoms with E-state index in [1.807, 2.05) is 0 Å². The number of nitrogens with zero attached hydrogens (tertiary/aromatic N) is 2. The Morgan fingerprint density at radius 1 is 1.38 bits per heavy atom. The number of aliphatic hydroxyl groups excluding tert-OH is 1. The zero-order chi connectivity index (χ0) is 11.7. The van der Waals surface area contributed by atoms with Crippen molar-refractivity contribution in [1.29, 1.82) is 0 Å². The Kier molecular flexibility index (Phi) is 2.75. The fourth-order valence-corrected chi connectivity index (χ4v) is 1.76. The summed E-state index contributed by atoms with van der Waals surface area (Å²) in [6, 6.07) is 6.10. The number of rotatable bonds is 2. The van der Waals surface area contributed by atoms with Crippen LogP contribution < -0.4 is 0 Å². The van der Waals surface area contributed by atoms with Gasteiger partial charge in [0, 0.05) is 13.2 Å². The van der Waals surface area contributed by atoms with Crippen LogP contribution in [0.2, 0.25) is 0 Å². The monoisotopic (exact) mass is 220 g/mol. The maximum absolute atomic E-state index is 12.9. The molecular weight excluding hydrogens is 207 g/mol. The SMILES string of the molecule is Cc1cc(F)ccc1C(O)c1ccnn1C. The third kappa shape index (κ3) is 1.84. The highest BCUT2D eigenvalue weighted by Crippen LogP contribution is 2.24. The van der Waals surface area contributed by atoms with Crippen molar-refractivity contribution in [3.63, 3.8) is 0 Å². The molecule has 1 unspecified atom stereocenters. The van der Waals surface area contributed by atoms with Crippen LogP contribution in [0.15, 0.2) is 30.5 Å². The summed E-state index contributed by atoms with van der Waals surface area (Å²) >= 11 is 0. The lowest BCUT2D eigenvalue weighted by atomic mass is 10.0. The Morgan fingerprint density at radius 2 is 2.12 bits per heavy atom. The van der Waals surface area contributed by atoms with Crippen molar-refractivity contribution >= 4 is 0 Å². The summed E-state index contributed by atoms with van der Waals surface area (Å²) in [4.78, 5) is 0. The topological polar surface area (TPSA) is 38.1 Å². The Balaban J connectivity index is 2.41. The van der Waals surface area contributed by atoms with Gasteiger partial charge in [-0.3, -0.25) is 4.68 Å². The quantitative estimate of drug-likeness (QED) is 0.840. The first kappa shape index (κ1) is 10.8. The van der Waals surface area contributed by atoms with E-state index in [0.29, 0.717) is 11.3 Å². The Labute approximate surface area is 93.2 Å². The number of hydrogen-bond donors (Lipinski definition) is 1. The van der Waals surface area contributed by atoms with Crippen molar-refractivity contribution in [2.45, 2.75) is 13.0 Å². The molecule has 0 saturated carbocycles. The second kappa shape index (κ2) is 4.06. The highest BCUT2D eigenvalue weighted by Gasteiger charge is 2.16. The van der Waals surface area contributed by atoms with Crippen LogP contribution in [0.4, 0.5) is 4.39 Å². The number of benzene rings is 1. The van der Waals surface area contributed by atoms with Crippen LogP contribution in [0, 0.1) is 12.7 Å². The largest absolute Gasteiger partial charge is 0.382 e. The number of hydrogen-bond acceptors (Lipinski definition) is 2. The number of aryl methyl sites for hydroxylation is 2. The Bertz CT molecular complexity index is 507. The molecule has 0 radical (unpaired) electrons. The summed E-state index contributed by atoms with van der Waals surface area (Å²) in [5.74, 6) is -0.293. The lowest BCUT2D eigenvalue weighted by Gasteiger charge is -2.13. The first-order valence-electron chi connectivity index (χ1n) is 5.01. The van der Waals surface area contributed by atoms with E-state index < -0.39 is 6.10 Å². The van der Waals surface area contributed by atoms with Crippen LogP contribution in [0.1, 0.15) is 22.9 Å². The maximum atomic E-state index is 12.9. The molecule has 0 aliphatic heterocycles. The van der Waals surface area contributed by atoms with Crippen molar-refractivity contribution in [3.8, 4) is 0 Å². The van der Waals surface area contributed by atoms with Gasteiger partial charge in [-0.1, -0.05) is 6.07 Å². The number of aromatic nitrogens is 2. The first-order valence-corrected chi connectivity index (χ1v) is 5.01. The molecule has 16 heavy (non-hydrogen) atoms. The second-order valence-corrected chi connectivity index (χ2v) is 3.78. The summed E-state index contributed by atoms with van der Waals surface area (Å²) in [5.41, 5.74) is 2.12. The average molecular weight is 220 g/mol. The van der Waals surface area contributed by atoms with Gasteiger partial charge in [-0.05, 0) is 36.2 Å². The van der Waals surface area contributed by atoms with Gasteiger partial charge in [-0.15, -0.1) is 0 Å². The number of aliphatic hydroxyl groups is 1. The molecule has 2 rings (SSSR count). The zero-order valence-corrected chi connectivity index (χ0v) is 9.18. The zero-order valence-electron chi connectivity index (χ0n) is 9.18. The third-order valence-electron chi connectivity index (χ3n) is 2.67. The molecule has 1 atom stereocenters. The molecule has 0 bridgehead atoms. The van der Waals surface area contributed by atoms with Crippen molar-refractivity contribution < 1.29 is 9.50 Å². The van der Waals surface area contributed by atoms with Gasteiger partial charge >= 0.3 is 0 Å². The van der Waals surface area contributed by atoms with Gasteiger partial charge in [0.1, 0.15) is 11.9 Å². The van der Waals surface area contributed by atoms with Gasteiger partial charge in [-0.2, -0.15) is 5.10 Å². The van der Waals surface area contributed by atoms with Crippen molar-refractivity contribution in [2.24, 2.45) is 7.05 Å². The van der Waals surface area contributed by atoms with E-state index in [4.69, 9.17) is 0 Å². The molecule has 2 aromatic rings. The molecule has 0 amide bonds. The molecule has 0 saturated heterocycles. The first-order chi connectivity index (χ1) is 7.59. The summed E-state index contributed by atoms with van der Waals surface area (Å²) in [5, 5.41) is 14.1. The minimum Gasteiger partial charge on any atom is -0.382 e. The molecule has 0 aliphatic rings. The van der Waals surface area contributed by atoms with Crippen molar-refractivity contribution in [2.75, 3.05) is 0 Å². The normalized spacial score (nSPS) is 12.8. The van der Waals surface area contributed by atoms with Gasteiger partial charge in [-0.25, -0.2) is 4.39 Å². The highest BCUT2D eigenvalue weighted by atomic mass is 19.1. The van der Waals surface area contributed by atoms with E-state index in [1.54, 1.807) is 37.0 Å². The maximum Gasteiger partial charge on any atom is 0.123 e. The smallest absolute Gasteiger partial charge is 0.123 e. The fraction of sp³-hybridized carbons (Fsp3) is 0.250. The minimum atomic E-state index is -0.770. The lowest BCUT2D eigenvalue weighted by molar-refractivity contribution is 0.209. The molecular formula is C12H13FN2O. The molecule has 0 fully saturated rings. The van der Waals surface area contributed by atoms with Gasteiger partial charge in [0.2, 0.25) is 0 Å². The van der Waals surface area contributed by atoms with E-state index >= 15 is 0 Å². The van der Waals surface area contributed by atoms with Crippen molar-refractivity contribution in [3.05, 3.63) is 53.1 Å². The van der Waals surface area contributed by atoms with Gasteiger partial charge in [0.15, 0.2) is 0 Å². The average Bonchev–Trinajstić information content (AvgIpc) is 2.63. The van der Waals surface area contributed by atoms with Crippen LogP contribution in [0.5, 0.6) is 0 Å². The molecule has 1 heterocycles. The van der Waals surface area contributed by atoms with E-state index in [-0.39, 0.29) is 5.82 Å². The second-order valence-electron chi connectivity index (χ2n) is 3.78. The van der Waals surface area contributed by atoms with Gasteiger partial charge in [0.05, 0.1) is 5.69 Å². The summed E-state index contributed by atoms with van der Waals surface area (Å²) < 4.78 is 14.5. The lowest BCUT2D eigenvalue weighted by Crippen LogP contribution is -2.08. The third-order valence-corrected chi connectivity index (χ3v) is 2.67. The predicted octanol–water partition coefficient (Wildman–Crippen LogP) is 1.95. The standard InChI is InChI=1S/C12H13FN2O/c1-8-7-9(13)3-4-10(8)12(16)11-5-6-14-15(11)2/h3-7,12,16H,1-2H3. The molecule has 84 valence electrons. The molecule has 0 aliphatic carbocycles. The van der Waals surface area contributed by atoms with Crippen molar-refractivity contribution in [1.82, 2.24) is 9.78 Å². The van der Waals surface area contributed by atoms with Crippen LogP contribution >= 0.6 is 0 Å². The van der Waals surface area contributed by atoms with Gasteiger partial charge < -0.3 is 5.11 Å². The van der Waals surface area contributed by atoms with Crippen LogP contribution in [-0.4, -0.2) is 14.9 Å². The molecule has 3 nitrogen and oxygen atoms in total. The summed E-state index contributed by atoms with van der Waals surface area (Å²) in [6.07, 6.45) is 0.852. The molecule has 4 heteroatoms. The minimum absolute atomic E-state index is 0.293. The van der Waals surface area contributed by atoms with Crippen LogP contribution in [0.3, 0.4) is 0 Å². The van der Waals surface area contributed by atoms with Crippen LogP contribution in [-0.2, 0) is 7.05 Å². The molecule has 1 aromatic carbocycles. The molecule has 1 N–H and O–H groups in total. The predicted molar refractivity (Wildman–Crippen MR) is 58.4 cm³/mol. The van der Waals surface area contributed by atoms with Crippen LogP contribution in [0.25, 0.3) is 0 Å². The summed E-state index contributed by atoms with van der Waals surface area (Å²) in [6.45, 7) is 1.78. The van der Waals surface area contributed by atoms with E-state index in [1.165, 1.54) is 12.1 Å². The van der Waals surface area contributed by atoms with E-state index in [0.717, 1.165) is 5.56 Å². The number of halogens is 1. The molecule has 1 aromatic heterocycles. The Morgan fingerprint density at radius 3 is 2.69 bits per heavy atom. The van der Waals surface area contributed by atoms with E-state index in [2.05, 4.69) is 5.10 Å². The molecule has 0 spiro atoms. The summed E-state index contributed by atoms with van der Waals surface area (Å²) in [7, 11) is 1.76. The Hall–Kier alpha value is -1.68. The van der Waals surface area contributed by atoms with Gasteiger partial charge in [0.25, 0.3) is 0 Å². The highest BCUT2D eigenvalue weighted by molar-refractivity contribution is 5.33. The fourth-order valence-electron chi connectivity index (χ4n) is 1.76. The van der Waals surface area contributed by atoms with E-state index in [9.17, 15) is 9.50 Å².